The zero-order valence-electron chi connectivity index (χ0n) is 8.31. The lowest BCUT2D eigenvalue weighted by molar-refractivity contribution is 1.05. The molecule has 0 fully saturated rings. The van der Waals surface area contributed by atoms with Crippen molar-refractivity contribution in [3.05, 3.63) is 36.2 Å². The minimum atomic E-state index is 0.405. The van der Waals surface area contributed by atoms with E-state index in [9.17, 15) is 0 Å². The highest BCUT2D eigenvalue weighted by Crippen LogP contribution is 2.13. The van der Waals surface area contributed by atoms with E-state index in [0.29, 0.717) is 11.6 Å². The van der Waals surface area contributed by atoms with Crippen LogP contribution in [0.2, 0.25) is 0 Å². The van der Waals surface area contributed by atoms with Crippen LogP contribution in [0, 0.1) is 6.92 Å². The molecule has 0 spiro atoms. The number of anilines is 3. The SMILES string of the molecule is Cc1cncc(Nc2ccc(N)nn2)c1. The van der Waals surface area contributed by atoms with Gasteiger partial charge in [0.1, 0.15) is 5.82 Å². The monoisotopic (exact) mass is 201 g/mol. The molecule has 2 aromatic rings. The Morgan fingerprint density at radius 2 is 2.07 bits per heavy atom. The van der Waals surface area contributed by atoms with Crippen molar-refractivity contribution in [2.45, 2.75) is 6.92 Å². The first kappa shape index (κ1) is 9.39. The molecule has 0 aliphatic rings. The van der Waals surface area contributed by atoms with Gasteiger partial charge in [-0.1, -0.05) is 0 Å². The topological polar surface area (TPSA) is 76.7 Å². The molecule has 0 amide bonds. The molecule has 2 rings (SSSR count). The number of hydrogen-bond donors (Lipinski definition) is 2. The van der Waals surface area contributed by atoms with E-state index in [1.165, 1.54) is 0 Å². The molecule has 0 aliphatic carbocycles. The molecule has 76 valence electrons. The maximum atomic E-state index is 5.43. The zero-order valence-corrected chi connectivity index (χ0v) is 8.31. The fourth-order valence-electron chi connectivity index (χ4n) is 1.18. The molecule has 0 bridgehead atoms. The third kappa shape index (κ3) is 2.40. The van der Waals surface area contributed by atoms with E-state index in [0.717, 1.165) is 11.3 Å². The van der Waals surface area contributed by atoms with Gasteiger partial charge in [-0.15, -0.1) is 10.2 Å². The number of nitrogen functional groups attached to an aromatic ring is 1. The first-order chi connectivity index (χ1) is 7.24. The Labute approximate surface area is 87.4 Å². The van der Waals surface area contributed by atoms with Gasteiger partial charge in [0.05, 0.1) is 11.9 Å². The lowest BCUT2D eigenvalue weighted by Crippen LogP contribution is -1.98. The van der Waals surface area contributed by atoms with E-state index in [1.807, 2.05) is 13.0 Å². The van der Waals surface area contributed by atoms with Gasteiger partial charge in [0.25, 0.3) is 0 Å². The zero-order chi connectivity index (χ0) is 10.7. The van der Waals surface area contributed by atoms with Crippen LogP contribution in [0.5, 0.6) is 0 Å². The Kier molecular flexibility index (Phi) is 2.45. The quantitative estimate of drug-likeness (QED) is 0.770. The molecule has 0 aliphatic heterocycles. The van der Waals surface area contributed by atoms with E-state index in [4.69, 9.17) is 5.73 Å². The molecule has 0 unspecified atom stereocenters. The number of nitrogens with one attached hydrogen (secondary N) is 1. The van der Waals surface area contributed by atoms with Crippen molar-refractivity contribution < 1.29 is 0 Å². The molecule has 3 N–H and O–H groups in total. The first-order valence-electron chi connectivity index (χ1n) is 4.52. The lowest BCUT2D eigenvalue weighted by Gasteiger charge is -2.04. The Morgan fingerprint density at radius 1 is 1.20 bits per heavy atom. The van der Waals surface area contributed by atoms with E-state index < -0.39 is 0 Å². The third-order valence-electron chi connectivity index (χ3n) is 1.83. The molecule has 0 radical (unpaired) electrons. The fourth-order valence-corrected chi connectivity index (χ4v) is 1.18. The minimum absolute atomic E-state index is 0.405. The van der Waals surface area contributed by atoms with Gasteiger partial charge < -0.3 is 11.1 Å². The van der Waals surface area contributed by atoms with Crippen LogP contribution in [0.4, 0.5) is 17.3 Å². The van der Waals surface area contributed by atoms with Gasteiger partial charge in [0, 0.05) is 6.20 Å². The maximum absolute atomic E-state index is 5.43. The van der Waals surface area contributed by atoms with Crippen molar-refractivity contribution in [1.82, 2.24) is 15.2 Å². The number of aryl methyl sites for hydroxylation is 1. The number of rotatable bonds is 2. The van der Waals surface area contributed by atoms with Crippen molar-refractivity contribution in [3.63, 3.8) is 0 Å². The van der Waals surface area contributed by atoms with Crippen LogP contribution in [0.3, 0.4) is 0 Å². The van der Waals surface area contributed by atoms with Crippen molar-refractivity contribution in [2.75, 3.05) is 11.1 Å². The summed E-state index contributed by atoms with van der Waals surface area (Å²) in [6.07, 6.45) is 3.52. The number of aromatic nitrogens is 3. The van der Waals surface area contributed by atoms with Gasteiger partial charge in [-0.2, -0.15) is 0 Å². The van der Waals surface area contributed by atoms with Crippen LogP contribution in [-0.4, -0.2) is 15.2 Å². The van der Waals surface area contributed by atoms with Crippen molar-refractivity contribution in [2.24, 2.45) is 0 Å². The highest BCUT2D eigenvalue weighted by molar-refractivity contribution is 5.55. The van der Waals surface area contributed by atoms with Gasteiger partial charge in [0.2, 0.25) is 0 Å². The first-order valence-corrected chi connectivity index (χ1v) is 4.52. The molecule has 2 aromatic heterocycles. The number of hydrogen-bond acceptors (Lipinski definition) is 5. The summed E-state index contributed by atoms with van der Waals surface area (Å²) >= 11 is 0. The summed E-state index contributed by atoms with van der Waals surface area (Å²) in [4.78, 5) is 4.06. The Morgan fingerprint density at radius 3 is 2.73 bits per heavy atom. The molecule has 2 heterocycles. The second kappa shape index (κ2) is 3.91. The van der Waals surface area contributed by atoms with Crippen LogP contribution < -0.4 is 11.1 Å². The van der Waals surface area contributed by atoms with Gasteiger partial charge in [-0.3, -0.25) is 4.98 Å². The maximum Gasteiger partial charge on any atom is 0.153 e. The third-order valence-corrected chi connectivity index (χ3v) is 1.83. The fraction of sp³-hybridized carbons (Fsp3) is 0.100. The summed E-state index contributed by atoms with van der Waals surface area (Å²) in [7, 11) is 0. The Bertz CT molecular complexity index is 452. The van der Waals surface area contributed by atoms with Crippen molar-refractivity contribution >= 4 is 17.3 Å². The lowest BCUT2D eigenvalue weighted by atomic mass is 10.3. The minimum Gasteiger partial charge on any atom is -0.382 e. The summed E-state index contributed by atoms with van der Waals surface area (Å²) in [5.41, 5.74) is 7.40. The second-order valence-electron chi connectivity index (χ2n) is 3.22. The molecule has 5 heteroatoms. The molecule has 5 nitrogen and oxygen atoms in total. The summed E-state index contributed by atoms with van der Waals surface area (Å²) in [6.45, 7) is 1.98. The predicted octanol–water partition coefficient (Wildman–Crippen LogP) is 1.51. The van der Waals surface area contributed by atoms with E-state index >= 15 is 0 Å². The van der Waals surface area contributed by atoms with E-state index in [1.54, 1.807) is 24.5 Å². The molecule has 0 saturated carbocycles. The molecular weight excluding hydrogens is 190 g/mol. The highest BCUT2D eigenvalue weighted by atomic mass is 15.2. The predicted molar refractivity (Wildman–Crippen MR) is 58.7 cm³/mol. The number of nitrogens with two attached hydrogens (primary N) is 1. The van der Waals surface area contributed by atoms with E-state index in [-0.39, 0.29) is 0 Å². The number of pyridine rings is 1. The average Bonchev–Trinajstić information content (AvgIpc) is 2.22. The average molecular weight is 201 g/mol. The van der Waals surface area contributed by atoms with Crippen LogP contribution in [0.15, 0.2) is 30.6 Å². The second-order valence-corrected chi connectivity index (χ2v) is 3.22. The Hall–Kier alpha value is -2.17. The Balaban J connectivity index is 2.18. The molecule has 0 aromatic carbocycles. The summed E-state index contributed by atoms with van der Waals surface area (Å²) in [5, 5.41) is 10.7. The largest absolute Gasteiger partial charge is 0.382 e. The van der Waals surface area contributed by atoms with Crippen LogP contribution in [0.25, 0.3) is 0 Å². The van der Waals surface area contributed by atoms with Crippen molar-refractivity contribution in [1.29, 1.82) is 0 Å². The number of nitrogens with zero attached hydrogens (tertiary/aromatic N) is 3. The normalized spacial score (nSPS) is 9.93. The van der Waals surface area contributed by atoms with Crippen LogP contribution in [0.1, 0.15) is 5.56 Å². The summed E-state index contributed by atoms with van der Waals surface area (Å²) in [6, 6.07) is 5.44. The van der Waals surface area contributed by atoms with Gasteiger partial charge in [0.15, 0.2) is 5.82 Å². The van der Waals surface area contributed by atoms with Crippen molar-refractivity contribution in [3.8, 4) is 0 Å². The molecular formula is C10H11N5. The van der Waals surface area contributed by atoms with Crippen LogP contribution >= 0.6 is 0 Å². The molecule has 0 atom stereocenters. The van der Waals surface area contributed by atoms with Gasteiger partial charge in [-0.05, 0) is 30.7 Å². The van der Waals surface area contributed by atoms with Crippen LogP contribution in [-0.2, 0) is 0 Å². The summed E-state index contributed by atoms with van der Waals surface area (Å²) in [5.74, 6) is 1.06. The molecule has 15 heavy (non-hydrogen) atoms. The highest BCUT2D eigenvalue weighted by Gasteiger charge is 1.97. The van der Waals surface area contributed by atoms with Gasteiger partial charge in [-0.25, -0.2) is 0 Å². The van der Waals surface area contributed by atoms with E-state index in [2.05, 4.69) is 20.5 Å². The standard InChI is InChI=1S/C10H11N5/c1-7-4-8(6-12-5-7)13-10-3-2-9(11)14-15-10/h2-6H,1H3,(H2,11,14)(H,13,15). The molecule has 0 saturated heterocycles. The summed E-state index contributed by atoms with van der Waals surface area (Å²) < 4.78 is 0. The van der Waals surface area contributed by atoms with Gasteiger partial charge >= 0.3 is 0 Å². The smallest absolute Gasteiger partial charge is 0.153 e.